The molecular formula is C17H20N3O4PS. The maximum atomic E-state index is 12.4. The molecule has 0 aliphatic carbocycles. The van der Waals surface area contributed by atoms with E-state index in [0.717, 1.165) is 16.8 Å². The Morgan fingerprint density at radius 3 is 2.69 bits per heavy atom. The molecule has 0 unspecified atom stereocenters. The molecular weight excluding hydrogens is 373 g/mol. The molecule has 0 fully saturated rings. The van der Waals surface area contributed by atoms with E-state index in [0.29, 0.717) is 29.6 Å². The first-order chi connectivity index (χ1) is 12.3. The Morgan fingerprint density at radius 2 is 2.00 bits per heavy atom. The third-order valence-corrected chi connectivity index (χ3v) is 5.95. The standard InChI is InChI=1S/C17H20N3O4PS/c18-17-13-9-16(21)20(11-12-5-2-1-3-6-12)14(13)10-15(19-17)26-8-4-7-25(22,23)24/h1-3,5-6,10H,4,7-9,11H2,(H2,18,19)(H2,22,23,24). The molecule has 4 N–H and O–H groups in total. The van der Waals surface area contributed by atoms with Crippen LogP contribution >= 0.6 is 19.4 Å². The summed E-state index contributed by atoms with van der Waals surface area (Å²) in [6.45, 7) is 0.471. The minimum absolute atomic E-state index is 0.0130. The van der Waals surface area contributed by atoms with E-state index in [4.69, 9.17) is 15.5 Å². The normalized spacial score (nSPS) is 13.9. The van der Waals surface area contributed by atoms with Gasteiger partial charge in [0, 0.05) is 11.3 Å². The van der Waals surface area contributed by atoms with Crippen molar-refractivity contribution in [1.82, 2.24) is 4.98 Å². The molecule has 138 valence electrons. The number of thioether (sulfide) groups is 1. The van der Waals surface area contributed by atoms with Crippen LogP contribution in [0.2, 0.25) is 0 Å². The van der Waals surface area contributed by atoms with Gasteiger partial charge in [0.15, 0.2) is 0 Å². The molecule has 0 saturated carbocycles. The number of hydrogen-bond donors (Lipinski definition) is 3. The van der Waals surface area contributed by atoms with Gasteiger partial charge in [-0.2, -0.15) is 0 Å². The number of rotatable bonds is 7. The lowest BCUT2D eigenvalue weighted by atomic mass is 10.2. The summed E-state index contributed by atoms with van der Waals surface area (Å²) < 4.78 is 10.9. The van der Waals surface area contributed by atoms with E-state index < -0.39 is 7.60 Å². The Hall–Kier alpha value is -1.86. The van der Waals surface area contributed by atoms with Crippen molar-refractivity contribution in [3.8, 4) is 0 Å². The van der Waals surface area contributed by atoms with Crippen LogP contribution in [0.1, 0.15) is 17.5 Å². The number of pyridine rings is 1. The highest BCUT2D eigenvalue weighted by Crippen LogP contribution is 2.38. The number of nitrogens with zero attached hydrogens (tertiary/aromatic N) is 2. The fourth-order valence-electron chi connectivity index (χ4n) is 2.82. The highest BCUT2D eigenvalue weighted by atomic mass is 32.2. The van der Waals surface area contributed by atoms with Gasteiger partial charge in [0.2, 0.25) is 5.91 Å². The van der Waals surface area contributed by atoms with Crippen LogP contribution in [0.5, 0.6) is 0 Å². The number of carbonyl (C=O) groups excluding carboxylic acids is 1. The van der Waals surface area contributed by atoms with Gasteiger partial charge in [-0.1, -0.05) is 30.3 Å². The molecule has 26 heavy (non-hydrogen) atoms. The van der Waals surface area contributed by atoms with Crippen LogP contribution < -0.4 is 10.6 Å². The number of hydrogen-bond acceptors (Lipinski definition) is 5. The molecule has 0 radical (unpaired) electrons. The summed E-state index contributed by atoms with van der Waals surface area (Å²) in [6.07, 6.45) is 0.462. The van der Waals surface area contributed by atoms with Gasteiger partial charge >= 0.3 is 7.60 Å². The summed E-state index contributed by atoms with van der Waals surface area (Å²) in [5, 5.41) is 0.653. The van der Waals surface area contributed by atoms with Gasteiger partial charge < -0.3 is 20.4 Å². The molecule has 1 aromatic heterocycles. The number of anilines is 2. The van der Waals surface area contributed by atoms with Crippen molar-refractivity contribution in [2.24, 2.45) is 0 Å². The molecule has 7 nitrogen and oxygen atoms in total. The van der Waals surface area contributed by atoms with Crippen molar-refractivity contribution in [1.29, 1.82) is 0 Å². The van der Waals surface area contributed by atoms with Crippen LogP contribution in [-0.2, 0) is 22.3 Å². The summed E-state index contributed by atoms with van der Waals surface area (Å²) in [5.41, 5.74) is 8.57. The summed E-state index contributed by atoms with van der Waals surface area (Å²) in [6, 6.07) is 11.6. The smallest absolute Gasteiger partial charge is 0.325 e. The maximum absolute atomic E-state index is 12.4. The van der Waals surface area contributed by atoms with Crippen LogP contribution in [-0.4, -0.2) is 32.6 Å². The predicted molar refractivity (Wildman–Crippen MR) is 102 cm³/mol. The third kappa shape index (κ3) is 4.65. The molecule has 9 heteroatoms. The molecule has 1 amide bonds. The van der Waals surface area contributed by atoms with Crippen molar-refractivity contribution in [3.63, 3.8) is 0 Å². The number of aromatic nitrogens is 1. The highest BCUT2D eigenvalue weighted by Gasteiger charge is 2.30. The lowest BCUT2D eigenvalue weighted by Crippen LogP contribution is -2.25. The number of nitrogens with two attached hydrogens (primary N) is 1. The van der Waals surface area contributed by atoms with E-state index in [1.807, 2.05) is 36.4 Å². The highest BCUT2D eigenvalue weighted by molar-refractivity contribution is 7.99. The SMILES string of the molecule is Nc1nc(SCCCP(=O)(O)O)cc2c1CC(=O)N2Cc1ccccc1. The van der Waals surface area contributed by atoms with Crippen molar-refractivity contribution in [2.75, 3.05) is 22.5 Å². The first-order valence-electron chi connectivity index (χ1n) is 8.14. The zero-order valence-corrected chi connectivity index (χ0v) is 15.7. The maximum Gasteiger partial charge on any atom is 0.325 e. The first kappa shape index (κ1) is 18.9. The second-order valence-corrected chi connectivity index (χ2v) is 8.97. The number of carbonyl (C=O) groups is 1. The van der Waals surface area contributed by atoms with Gasteiger partial charge in [-0.3, -0.25) is 9.36 Å². The molecule has 2 aromatic rings. The van der Waals surface area contributed by atoms with E-state index in [-0.39, 0.29) is 18.5 Å². The van der Waals surface area contributed by atoms with E-state index >= 15 is 0 Å². The van der Waals surface area contributed by atoms with Gasteiger partial charge in [0.05, 0.1) is 24.8 Å². The second kappa shape index (κ2) is 7.80. The zero-order valence-electron chi connectivity index (χ0n) is 14.0. The van der Waals surface area contributed by atoms with E-state index in [2.05, 4.69) is 4.98 Å². The number of nitrogen functional groups attached to an aromatic ring is 1. The van der Waals surface area contributed by atoms with Crippen LogP contribution in [0.4, 0.5) is 11.5 Å². The molecule has 0 atom stereocenters. The van der Waals surface area contributed by atoms with Crippen molar-refractivity contribution in [2.45, 2.75) is 24.4 Å². The quantitative estimate of drug-likeness (QED) is 0.376. The molecule has 2 heterocycles. The Labute approximate surface area is 155 Å². The Balaban J connectivity index is 1.75. The Bertz CT molecular complexity index is 857. The van der Waals surface area contributed by atoms with Crippen LogP contribution in [0.15, 0.2) is 41.4 Å². The lowest BCUT2D eigenvalue weighted by molar-refractivity contribution is -0.117. The third-order valence-electron chi connectivity index (χ3n) is 4.06. The minimum atomic E-state index is -3.98. The topological polar surface area (TPSA) is 117 Å². The van der Waals surface area contributed by atoms with Crippen LogP contribution in [0.25, 0.3) is 0 Å². The van der Waals surface area contributed by atoms with E-state index in [9.17, 15) is 9.36 Å². The molecule has 0 saturated heterocycles. The number of amides is 1. The number of benzene rings is 1. The van der Waals surface area contributed by atoms with Crippen molar-refractivity contribution >= 4 is 36.8 Å². The monoisotopic (exact) mass is 393 g/mol. The zero-order chi connectivity index (χ0) is 18.7. The van der Waals surface area contributed by atoms with Crippen molar-refractivity contribution in [3.05, 3.63) is 47.5 Å². The van der Waals surface area contributed by atoms with Crippen molar-refractivity contribution < 1.29 is 19.1 Å². The van der Waals surface area contributed by atoms with Gasteiger partial charge in [-0.15, -0.1) is 11.8 Å². The molecule has 0 bridgehead atoms. The van der Waals surface area contributed by atoms with E-state index in [1.54, 1.807) is 4.90 Å². The fraction of sp³-hybridized carbons (Fsp3) is 0.294. The van der Waals surface area contributed by atoms with Gasteiger partial charge in [-0.05, 0) is 18.1 Å². The minimum Gasteiger partial charge on any atom is -0.383 e. The molecule has 1 aliphatic rings. The van der Waals surface area contributed by atoms with Gasteiger partial charge in [-0.25, -0.2) is 4.98 Å². The first-order valence-corrected chi connectivity index (χ1v) is 10.9. The fourth-order valence-corrected chi connectivity index (χ4v) is 4.46. The summed E-state index contributed by atoms with van der Waals surface area (Å²) in [4.78, 5) is 36.3. The average molecular weight is 393 g/mol. The largest absolute Gasteiger partial charge is 0.383 e. The van der Waals surface area contributed by atoms with Gasteiger partial charge in [0.1, 0.15) is 10.8 Å². The summed E-state index contributed by atoms with van der Waals surface area (Å²) >= 11 is 1.38. The van der Waals surface area contributed by atoms with Crippen LogP contribution in [0, 0.1) is 0 Å². The molecule has 3 rings (SSSR count). The summed E-state index contributed by atoms with van der Waals surface area (Å²) in [5.74, 6) is 0.841. The van der Waals surface area contributed by atoms with Gasteiger partial charge in [0.25, 0.3) is 0 Å². The molecule has 0 spiro atoms. The van der Waals surface area contributed by atoms with E-state index in [1.165, 1.54) is 11.8 Å². The average Bonchev–Trinajstić information content (AvgIpc) is 2.89. The second-order valence-electron chi connectivity index (χ2n) is 6.08. The Morgan fingerprint density at radius 1 is 1.27 bits per heavy atom. The predicted octanol–water partition coefficient (Wildman–Crippen LogP) is 2.41. The van der Waals surface area contributed by atoms with Crippen LogP contribution in [0.3, 0.4) is 0 Å². The summed E-state index contributed by atoms with van der Waals surface area (Å²) in [7, 11) is -3.98. The Kier molecular flexibility index (Phi) is 5.67. The lowest BCUT2D eigenvalue weighted by Gasteiger charge is -2.18. The molecule has 1 aliphatic heterocycles. The molecule has 1 aromatic carbocycles. The number of fused-ring (bicyclic) bond motifs is 1.